The van der Waals surface area contributed by atoms with Crippen LogP contribution in [0.25, 0.3) is 0 Å². The Morgan fingerprint density at radius 1 is 1.48 bits per heavy atom. The van der Waals surface area contributed by atoms with Crippen molar-refractivity contribution in [3.05, 3.63) is 14.9 Å². The zero-order chi connectivity index (χ0) is 15.7. The van der Waals surface area contributed by atoms with E-state index < -0.39 is 15.6 Å². The number of nitrogens with zero attached hydrogens (tertiary/aromatic N) is 1. The second-order valence-electron chi connectivity index (χ2n) is 4.92. The van der Waals surface area contributed by atoms with Crippen LogP contribution < -0.4 is 10.5 Å². The van der Waals surface area contributed by atoms with Gasteiger partial charge in [0, 0.05) is 0 Å². The molecule has 0 bridgehead atoms. The molecular formula is C11H15BrClN3O3S2. The number of rotatable bonds is 4. The highest BCUT2D eigenvalue weighted by molar-refractivity contribution is 9.11. The van der Waals surface area contributed by atoms with Crippen molar-refractivity contribution in [2.45, 2.75) is 41.9 Å². The highest BCUT2D eigenvalue weighted by atomic mass is 79.9. The fraction of sp³-hybridized carbons (Fsp3) is 0.545. The summed E-state index contributed by atoms with van der Waals surface area (Å²) in [5.41, 5.74) is 4.71. The van der Waals surface area contributed by atoms with Crippen LogP contribution >= 0.6 is 38.9 Å². The molecule has 0 aliphatic heterocycles. The molecule has 1 aromatic heterocycles. The number of oxime groups is 1. The van der Waals surface area contributed by atoms with Crippen molar-refractivity contribution in [2.24, 2.45) is 10.9 Å². The van der Waals surface area contributed by atoms with Crippen LogP contribution in [0.5, 0.6) is 0 Å². The largest absolute Gasteiger partial charge is 0.409 e. The molecule has 0 saturated heterocycles. The minimum atomic E-state index is -3.79. The zero-order valence-electron chi connectivity index (χ0n) is 11.0. The predicted molar refractivity (Wildman–Crippen MR) is 86.6 cm³/mol. The number of nitrogens with two attached hydrogens (primary N) is 1. The van der Waals surface area contributed by atoms with Crippen LogP contribution in [0.2, 0.25) is 5.02 Å². The van der Waals surface area contributed by atoms with E-state index in [0.717, 1.165) is 30.6 Å². The first-order valence-electron chi connectivity index (χ1n) is 6.27. The van der Waals surface area contributed by atoms with Crippen LogP contribution in [-0.4, -0.2) is 25.0 Å². The molecule has 1 aromatic rings. The van der Waals surface area contributed by atoms with Crippen molar-refractivity contribution < 1.29 is 13.6 Å². The van der Waals surface area contributed by atoms with Crippen molar-refractivity contribution in [1.82, 2.24) is 4.72 Å². The van der Waals surface area contributed by atoms with Gasteiger partial charge in [-0.25, -0.2) is 8.42 Å². The van der Waals surface area contributed by atoms with Gasteiger partial charge in [0.2, 0.25) is 0 Å². The molecule has 0 aromatic carbocycles. The summed E-state index contributed by atoms with van der Waals surface area (Å²) in [5, 5.41) is 12.3. The monoisotopic (exact) mass is 415 g/mol. The van der Waals surface area contributed by atoms with E-state index in [1.54, 1.807) is 0 Å². The average Bonchev–Trinajstić information content (AvgIpc) is 2.79. The maximum atomic E-state index is 12.5. The van der Waals surface area contributed by atoms with Gasteiger partial charge in [-0.1, -0.05) is 36.0 Å². The van der Waals surface area contributed by atoms with Crippen molar-refractivity contribution in [3.63, 3.8) is 0 Å². The summed E-state index contributed by atoms with van der Waals surface area (Å²) in [5.74, 6) is -0.104. The first-order valence-corrected chi connectivity index (χ1v) is 9.75. The molecule has 1 fully saturated rings. The summed E-state index contributed by atoms with van der Waals surface area (Å²) >= 11 is 10.1. The summed E-state index contributed by atoms with van der Waals surface area (Å²) in [6, 6.07) is 1.38. The van der Waals surface area contributed by atoms with E-state index in [1.807, 2.05) is 0 Å². The highest BCUT2D eigenvalue weighted by Gasteiger charge is 2.41. The normalized spacial score (nSPS) is 19.6. The Labute approximate surface area is 140 Å². The topological polar surface area (TPSA) is 105 Å². The predicted octanol–water partition coefficient (Wildman–Crippen LogP) is 2.89. The second-order valence-corrected chi connectivity index (χ2v) is 9.61. The summed E-state index contributed by atoms with van der Waals surface area (Å²) in [6.45, 7) is 0. The SMILES string of the molecule is NC(=NO)C1(NS(=O)(=O)c2cc(Cl)c(Br)s2)CCCCC1. The molecular weight excluding hydrogens is 402 g/mol. The van der Waals surface area contributed by atoms with E-state index >= 15 is 0 Å². The number of nitrogens with one attached hydrogen (secondary N) is 1. The fourth-order valence-electron chi connectivity index (χ4n) is 2.43. The second kappa shape index (κ2) is 6.41. The lowest BCUT2D eigenvalue weighted by atomic mass is 9.82. The lowest BCUT2D eigenvalue weighted by Crippen LogP contribution is -2.58. The molecule has 2 rings (SSSR count). The molecule has 0 unspecified atom stereocenters. The molecule has 1 aliphatic carbocycles. The van der Waals surface area contributed by atoms with Gasteiger partial charge in [0.25, 0.3) is 10.0 Å². The quantitative estimate of drug-likeness (QED) is 0.304. The first kappa shape index (κ1) is 17.0. The average molecular weight is 417 g/mol. The van der Waals surface area contributed by atoms with Crippen LogP contribution in [0.3, 0.4) is 0 Å². The molecule has 1 saturated carbocycles. The number of halogens is 2. The minimum absolute atomic E-state index is 0.0927. The number of amidine groups is 1. The third kappa shape index (κ3) is 3.53. The highest BCUT2D eigenvalue weighted by Crippen LogP contribution is 2.36. The molecule has 1 aliphatic rings. The Morgan fingerprint density at radius 3 is 2.57 bits per heavy atom. The molecule has 0 spiro atoms. The van der Waals surface area contributed by atoms with Crippen LogP contribution in [0.15, 0.2) is 19.2 Å². The van der Waals surface area contributed by atoms with Crippen molar-refractivity contribution in [1.29, 1.82) is 0 Å². The summed E-state index contributed by atoms with van der Waals surface area (Å²) in [4.78, 5) is 0. The van der Waals surface area contributed by atoms with Gasteiger partial charge in [-0.15, -0.1) is 11.3 Å². The van der Waals surface area contributed by atoms with E-state index in [4.69, 9.17) is 22.5 Å². The molecule has 10 heteroatoms. The van der Waals surface area contributed by atoms with Gasteiger partial charge in [0.1, 0.15) is 4.21 Å². The van der Waals surface area contributed by atoms with Gasteiger partial charge in [-0.05, 0) is 34.8 Å². The third-order valence-corrected chi connectivity index (χ3v) is 8.01. The maximum absolute atomic E-state index is 12.5. The Bertz CT molecular complexity index is 634. The van der Waals surface area contributed by atoms with Crippen molar-refractivity contribution >= 4 is 54.7 Å². The number of sulfonamides is 1. The van der Waals surface area contributed by atoms with Gasteiger partial charge in [0.15, 0.2) is 5.84 Å². The van der Waals surface area contributed by atoms with Gasteiger partial charge in [0.05, 0.1) is 14.3 Å². The Balaban J connectivity index is 2.35. The third-order valence-electron chi connectivity index (χ3n) is 3.52. The van der Waals surface area contributed by atoms with Gasteiger partial charge < -0.3 is 10.9 Å². The fourth-order valence-corrected chi connectivity index (χ4v) is 6.26. The first-order chi connectivity index (χ1) is 9.81. The number of thiophene rings is 1. The molecule has 4 N–H and O–H groups in total. The summed E-state index contributed by atoms with van der Waals surface area (Å²) < 4.78 is 28.3. The standard InChI is InChI=1S/C11H15BrClN3O3S2/c12-9-7(13)6-8(20-9)21(18,19)16-11(10(14)15-17)4-2-1-3-5-11/h6,16-17H,1-5H2,(H2,14,15). The Hall–Kier alpha value is -0.350. The molecule has 6 nitrogen and oxygen atoms in total. The van der Waals surface area contributed by atoms with Crippen LogP contribution in [0, 0.1) is 0 Å². The maximum Gasteiger partial charge on any atom is 0.251 e. The molecule has 0 amide bonds. The lowest BCUT2D eigenvalue weighted by molar-refractivity contribution is 0.294. The molecule has 1 heterocycles. The van der Waals surface area contributed by atoms with E-state index in [2.05, 4.69) is 25.8 Å². The molecule has 118 valence electrons. The van der Waals surface area contributed by atoms with E-state index in [1.165, 1.54) is 6.07 Å². The van der Waals surface area contributed by atoms with E-state index in [0.29, 0.717) is 21.7 Å². The molecule has 21 heavy (non-hydrogen) atoms. The van der Waals surface area contributed by atoms with Crippen molar-refractivity contribution in [3.8, 4) is 0 Å². The Kier molecular flexibility index (Phi) is 5.19. The lowest BCUT2D eigenvalue weighted by Gasteiger charge is -2.36. The zero-order valence-corrected chi connectivity index (χ0v) is 14.9. The number of hydrogen-bond donors (Lipinski definition) is 3. The van der Waals surface area contributed by atoms with Gasteiger partial charge in [-0.2, -0.15) is 4.72 Å². The van der Waals surface area contributed by atoms with E-state index in [9.17, 15) is 8.42 Å². The van der Waals surface area contributed by atoms with E-state index in [-0.39, 0.29) is 10.0 Å². The Morgan fingerprint density at radius 2 is 2.10 bits per heavy atom. The summed E-state index contributed by atoms with van der Waals surface area (Å²) in [7, 11) is -3.79. The number of hydrogen-bond acceptors (Lipinski definition) is 5. The molecule has 0 atom stereocenters. The van der Waals surface area contributed by atoms with Gasteiger partial charge in [-0.3, -0.25) is 0 Å². The van der Waals surface area contributed by atoms with Crippen molar-refractivity contribution in [2.75, 3.05) is 0 Å². The van der Waals surface area contributed by atoms with Crippen LogP contribution in [-0.2, 0) is 10.0 Å². The smallest absolute Gasteiger partial charge is 0.251 e. The van der Waals surface area contributed by atoms with Crippen LogP contribution in [0.4, 0.5) is 0 Å². The summed E-state index contributed by atoms with van der Waals surface area (Å²) in [6.07, 6.45) is 3.63. The molecule has 0 radical (unpaired) electrons. The minimum Gasteiger partial charge on any atom is -0.409 e. The van der Waals surface area contributed by atoms with Crippen LogP contribution in [0.1, 0.15) is 32.1 Å². The van der Waals surface area contributed by atoms with Gasteiger partial charge >= 0.3 is 0 Å².